The van der Waals surface area contributed by atoms with Crippen LogP contribution in [0.25, 0.3) is 0 Å². The van der Waals surface area contributed by atoms with Crippen molar-refractivity contribution < 1.29 is 5.11 Å². The fraction of sp³-hybridized carbons (Fsp3) is 0.625. The Morgan fingerprint density at radius 3 is 3.18 bits per heavy atom. The normalized spacial score (nSPS) is 16.8. The molecule has 0 spiro atoms. The van der Waals surface area contributed by atoms with Crippen LogP contribution in [0.2, 0.25) is 0 Å². The zero-order valence-electron chi connectivity index (χ0n) is 6.66. The molecule has 1 N–H and O–H groups in total. The zero-order valence-corrected chi connectivity index (χ0v) is 6.66. The topological polar surface area (TPSA) is 35.8 Å². The molecule has 11 heavy (non-hydrogen) atoms. The summed E-state index contributed by atoms with van der Waals surface area (Å²) < 4.78 is 0. The van der Waals surface area contributed by atoms with E-state index < -0.39 is 0 Å². The third-order valence-corrected chi connectivity index (χ3v) is 1.71. The second-order valence-electron chi connectivity index (χ2n) is 2.51. The molecule has 0 fully saturated rings. The SMILES string of the molecule is C=CCN1CCN=C1CCO. The van der Waals surface area contributed by atoms with Crippen LogP contribution in [-0.2, 0) is 0 Å². The summed E-state index contributed by atoms with van der Waals surface area (Å²) in [4.78, 5) is 6.40. The number of rotatable bonds is 4. The Kier molecular flexibility index (Phi) is 3.11. The minimum atomic E-state index is 0.187. The van der Waals surface area contributed by atoms with Crippen molar-refractivity contribution in [3.8, 4) is 0 Å². The van der Waals surface area contributed by atoms with Crippen LogP contribution in [0.1, 0.15) is 6.42 Å². The van der Waals surface area contributed by atoms with E-state index in [0.717, 1.165) is 25.5 Å². The number of aliphatic hydroxyl groups excluding tert-OH is 1. The second-order valence-corrected chi connectivity index (χ2v) is 2.51. The van der Waals surface area contributed by atoms with Gasteiger partial charge in [0.25, 0.3) is 0 Å². The molecule has 1 aliphatic heterocycles. The summed E-state index contributed by atoms with van der Waals surface area (Å²) in [5.74, 6) is 1.02. The smallest absolute Gasteiger partial charge is 0.102 e. The Hall–Kier alpha value is -0.830. The van der Waals surface area contributed by atoms with Gasteiger partial charge in [0.2, 0.25) is 0 Å². The van der Waals surface area contributed by atoms with Crippen LogP contribution in [0.4, 0.5) is 0 Å². The van der Waals surface area contributed by atoms with Crippen LogP contribution in [-0.4, -0.2) is 42.1 Å². The van der Waals surface area contributed by atoms with Crippen molar-refractivity contribution >= 4 is 5.84 Å². The lowest BCUT2D eigenvalue weighted by Crippen LogP contribution is -2.28. The summed E-state index contributed by atoms with van der Waals surface area (Å²) in [7, 11) is 0. The number of hydrogen-bond donors (Lipinski definition) is 1. The largest absolute Gasteiger partial charge is 0.396 e. The molecule has 3 nitrogen and oxygen atoms in total. The van der Waals surface area contributed by atoms with E-state index in [1.165, 1.54) is 0 Å². The quantitative estimate of drug-likeness (QED) is 0.590. The summed E-state index contributed by atoms with van der Waals surface area (Å²) in [5, 5.41) is 8.68. The molecule has 0 radical (unpaired) electrons. The van der Waals surface area contributed by atoms with Crippen molar-refractivity contribution in [1.29, 1.82) is 0 Å². The van der Waals surface area contributed by atoms with Crippen LogP contribution in [0, 0.1) is 0 Å². The summed E-state index contributed by atoms with van der Waals surface area (Å²) in [6.07, 6.45) is 2.53. The Morgan fingerprint density at radius 2 is 2.55 bits per heavy atom. The minimum Gasteiger partial charge on any atom is -0.396 e. The predicted molar refractivity (Wildman–Crippen MR) is 45.8 cm³/mol. The molecule has 0 aromatic heterocycles. The number of nitrogens with zero attached hydrogens (tertiary/aromatic N) is 2. The molecule has 1 rings (SSSR count). The molecular weight excluding hydrogens is 140 g/mol. The molecule has 0 unspecified atom stereocenters. The Morgan fingerprint density at radius 1 is 1.73 bits per heavy atom. The van der Waals surface area contributed by atoms with Crippen LogP contribution in [0.5, 0.6) is 0 Å². The van der Waals surface area contributed by atoms with Gasteiger partial charge in [0.1, 0.15) is 5.84 Å². The third-order valence-electron chi connectivity index (χ3n) is 1.71. The van der Waals surface area contributed by atoms with Gasteiger partial charge in [-0.25, -0.2) is 0 Å². The van der Waals surface area contributed by atoms with E-state index in [1.807, 2.05) is 6.08 Å². The standard InChI is InChI=1S/C8H14N2O/c1-2-5-10-6-4-9-8(10)3-7-11/h2,11H,1,3-7H2. The van der Waals surface area contributed by atoms with Crippen molar-refractivity contribution in [3.05, 3.63) is 12.7 Å². The molecule has 1 heterocycles. The number of amidine groups is 1. The first-order valence-corrected chi connectivity index (χ1v) is 3.88. The molecule has 0 aliphatic carbocycles. The summed E-state index contributed by atoms with van der Waals surface area (Å²) >= 11 is 0. The summed E-state index contributed by atoms with van der Waals surface area (Å²) in [6, 6.07) is 0. The lowest BCUT2D eigenvalue weighted by atomic mass is 10.3. The van der Waals surface area contributed by atoms with Crippen molar-refractivity contribution in [2.75, 3.05) is 26.2 Å². The van der Waals surface area contributed by atoms with Gasteiger partial charge in [0, 0.05) is 19.5 Å². The Bertz CT molecular complexity index is 165. The molecule has 0 saturated carbocycles. The van der Waals surface area contributed by atoms with Gasteiger partial charge in [0.05, 0.1) is 13.2 Å². The zero-order chi connectivity index (χ0) is 8.10. The fourth-order valence-corrected chi connectivity index (χ4v) is 1.22. The Balaban J connectivity index is 2.41. The lowest BCUT2D eigenvalue weighted by Gasteiger charge is -2.17. The van der Waals surface area contributed by atoms with Gasteiger partial charge in [-0.1, -0.05) is 6.08 Å². The predicted octanol–water partition coefficient (Wildman–Crippen LogP) is 0.269. The first-order chi connectivity index (χ1) is 5.38. The monoisotopic (exact) mass is 154 g/mol. The molecular formula is C8H14N2O. The minimum absolute atomic E-state index is 0.187. The maximum Gasteiger partial charge on any atom is 0.102 e. The number of aliphatic hydroxyl groups is 1. The molecule has 0 aromatic rings. The van der Waals surface area contributed by atoms with Gasteiger partial charge in [-0.05, 0) is 0 Å². The van der Waals surface area contributed by atoms with Crippen molar-refractivity contribution in [3.63, 3.8) is 0 Å². The third kappa shape index (κ3) is 2.05. The van der Waals surface area contributed by atoms with E-state index in [-0.39, 0.29) is 6.61 Å². The van der Waals surface area contributed by atoms with Crippen LogP contribution in [0.15, 0.2) is 17.6 Å². The van der Waals surface area contributed by atoms with E-state index in [4.69, 9.17) is 5.11 Å². The lowest BCUT2D eigenvalue weighted by molar-refractivity contribution is 0.302. The highest BCUT2D eigenvalue weighted by atomic mass is 16.3. The van der Waals surface area contributed by atoms with E-state index in [9.17, 15) is 0 Å². The average Bonchev–Trinajstić information content (AvgIpc) is 2.39. The van der Waals surface area contributed by atoms with Gasteiger partial charge in [-0.2, -0.15) is 0 Å². The van der Waals surface area contributed by atoms with Gasteiger partial charge in [-0.3, -0.25) is 4.99 Å². The van der Waals surface area contributed by atoms with Crippen LogP contribution in [0.3, 0.4) is 0 Å². The first-order valence-electron chi connectivity index (χ1n) is 3.88. The maximum absolute atomic E-state index is 8.68. The van der Waals surface area contributed by atoms with E-state index >= 15 is 0 Å². The van der Waals surface area contributed by atoms with Crippen molar-refractivity contribution in [2.24, 2.45) is 4.99 Å². The van der Waals surface area contributed by atoms with Crippen molar-refractivity contribution in [1.82, 2.24) is 4.90 Å². The molecule has 0 saturated heterocycles. The Labute approximate surface area is 67.0 Å². The molecule has 0 bridgehead atoms. The van der Waals surface area contributed by atoms with Gasteiger partial charge >= 0.3 is 0 Å². The van der Waals surface area contributed by atoms with Crippen molar-refractivity contribution in [2.45, 2.75) is 6.42 Å². The fourth-order valence-electron chi connectivity index (χ4n) is 1.22. The van der Waals surface area contributed by atoms with E-state index in [0.29, 0.717) is 6.42 Å². The number of hydrogen-bond acceptors (Lipinski definition) is 3. The highest BCUT2D eigenvalue weighted by molar-refractivity contribution is 5.83. The summed E-state index contributed by atoms with van der Waals surface area (Å²) in [6.45, 7) is 6.53. The molecule has 0 aromatic carbocycles. The summed E-state index contributed by atoms with van der Waals surface area (Å²) in [5.41, 5.74) is 0. The van der Waals surface area contributed by atoms with Crippen LogP contribution >= 0.6 is 0 Å². The van der Waals surface area contributed by atoms with E-state index in [2.05, 4.69) is 16.5 Å². The first kappa shape index (κ1) is 8.27. The molecule has 1 aliphatic rings. The van der Waals surface area contributed by atoms with Crippen LogP contribution < -0.4 is 0 Å². The number of aliphatic imine (C=N–C) groups is 1. The molecule has 62 valence electrons. The van der Waals surface area contributed by atoms with Gasteiger partial charge in [-0.15, -0.1) is 6.58 Å². The second kappa shape index (κ2) is 4.13. The molecule has 0 amide bonds. The highest BCUT2D eigenvalue weighted by Crippen LogP contribution is 2.03. The van der Waals surface area contributed by atoms with Gasteiger partial charge < -0.3 is 10.0 Å². The molecule has 3 heteroatoms. The maximum atomic E-state index is 8.68. The highest BCUT2D eigenvalue weighted by Gasteiger charge is 2.13. The molecule has 0 atom stereocenters. The average molecular weight is 154 g/mol. The van der Waals surface area contributed by atoms with Gasteiger partial charge in [0.15, 0.2) is 0 Å². The van der Waals surface area contributed by atoms with E-state index in [1.54, 1.807) is 0 Å².